The topological polar surface area (TPSA) is 83.6 Å². The maximum absolute atomic E-state index is 13.2. The van der Waals surface area contributed by atoms with E-state index in [1.165, 1.54) is 6.92 Å². The Kier molecular flexibility index (Phi) is 4.14. The Bertz CT molecular complexity index is 437. The second-order valence-corrected chi connectivity index (χ2v) is 3.76. The van der Waals surface area contributed by atoms with E-state index in [-0.39, 0.29) is 11.1 Å². The van der Waals surface area contributed by atoms with Crippen molar-refractivity contribution in [3.05, 3.63) is 34.9 Å². The van der Waals surface area contributed by atoms with E-state index in [0.717, 1.165) is 12.1 Å². The summed E-state index contributed by atoms with van der Waals surface area (Å²) in [6.07, 6.45) is -3.40. The first-order valence-corrected chi connectivity index (χ1v) is 4.93. The normalized spacial score (nSPS) is 14.4. The molecule has 6 heteroatoms. The van der Waals surface area contributed by atoms with Crippen molar-refractivity contribution < 1.29 is 23.8 Å². The molecule has 0 fully saturated rings. The molecule has 2 unspecified atom stereocenters. The average molecular weight is 245 g/mol. The fourth-order valence-electron chi connectivity index (χ4n) is 1.51. The number of carbonyl (C=O) groups excluding carboxylic acids is 1. The summed E-state index contributed by atoms with van der Waals surface area (Å²) in [5.41, 5.74) is 4.77. The number of benzene rings is 1. The van der Waals surface area contributed by atoms with Crippen molar-refractivity contribution in [1.29, 1.82) is 0 Å². The third-order valence-electron chi connectivity index (χ3n) is 2.47. The molecule has 0 aromatic heterocycles. The van der Waals surface area contributed by atoms with Gasteiger partial charge in [-0.3, -0.25) is 4.79 Å². The smallest absolute Gasteiger partial charge is 0.220 e. The van der Waals surface area contributed by atoms with Crippen LogP contribution in [-0.4, -0.2) is 22.2 Å². The van der Waals surface area contributed by atoms with Gasteiger partial charge in [-0.15, -0.1) is 0 Å². The summed E-state index contributed by atoms with van der Waals surface area (Å²) < 4.78 is 26.1. The van der Waals surface area contributed by atoms with Crippen molar-refractivity contribution in [2.75, 3.05) is 0 Å². The minimum atomic E-state index is -1.49. The molecule has 1 amide bonds. The molecule has 0 aliphatic rings. The predicted octanol–water partition coefficient (Wildman–Crippen LogP) is 0.543. The molecule has 0 spiro atoms. The van der Waals surface area contributed by atoms with Crippen LogP contribution in [0, 0.1) is 18.6 Å². The molecular formula is C11H13F2NO3. The van der Waals surface area contributed by atoms with Gasteiger partial charge < -0.3 is 15.9 Å². The zero-order chi connectivity index (χ0) is 13.2. The Labute approximate surface area is 96.7 Å². The zero-order valence-electron chi connectivity index (χ0n) is 9.15. The molecule has 94 valence electrons. The van der Waals surface area contributed by atoms with Gasteiger partial charge in [-0.25, -0.2) is 8.78 Å². The number of primary amides is 1. The lowest BCUT2D eigenvalue weighted by Gasteiger charge is -2.19. The minimum absolute atomic E-state index is 0.0256. The van der Waals surface area contributed by atoms with Gasteiger partial charge in [-0.1, -0.05) is 6.07 Å². The molecule has 1 rings (SSSR count). The van der Waals surface area contributed by atoms with Crippen LogP contribution < -0.4 is 5.73 Å². The fourth-order valence-corrected chi connectivity index (χ4v) is 1.51. The first-order chi connectivity index (χ1) is 7.84. The molecule has 0 radical (unpaired) electrons. The van der Waals surface area contributed by atoms with Crippen LogP contribution in [0.1, 0.15) is 23.7 Å². The van der Waals surface area contributed by atoms with Crippen molar-refractivity contribution in [2.45, 2.75) is 25.6 Å². The number of hydrogen-bond acceptors (Lipinski definition) is 3. The first-order valence-electron chi connectivity index (χ1n) is 4.93. The maximum atomic E-state index is 13.2. The summed E-state index contributed by atoms with van der Waals surface area (Å²) in [4.78, 5) is 10.6. The van der Waals surface area contributed by atoms with Gasteiger partial charge in [-0.05, 0) is 24.1 Å². The average Bonchev–Trinajstić information content (AvgIpc) is 2.24. The molecule has 1 aromatic rings. The lowest BCUT2D eigenvalue weighted by Crippen LogP contribution is -2.26. The Balaban J connectivity index is 3.00. The Hall–Kier alpha value is -1.53. The number of aliphatic hydroxyl groups excluding tert-OH is 2. The quantitative estimate of drug-likeness (QED) is 0.724. The third kappa shape index (κ3) is 2.98. The molecule has 0 bridgehead atoms. The lowest BCUT2D eigenvalue weighted by molar-refractivity contribution is -0.121. The van der Waals surface area contributed by atoms with E-state index in [4.69, 9.17) is 5.73 Å². The van der Waals surface area contributed by atoms with E-state index >= 15 is 0 Å². The van der Waals surface area contributed by atoms with Crippen molar-refractivity contribution >= 4 is 5.91 Å². The number of aliphatic hydroxyl groups is 2. The molecule has 4 N–H and O–H groups in total. The highest BCUT2D eigenvalue weighted by Crippen LogP contribution is 2.25. The molecule has 0 saturated heterocycles. The van der Waals surface area contributed by atoms with E-state index in [1.807, 2.05) is 0 Å². The fraction of sp³-hybridized carbons (Fsp3) is 0.364. The van der Waals surface area contributed by atoms with Crippen LogP contribution in [0.3, 0.4) is 0 Å². The summed E-state index contributed by atoms with van der Waals surface area (Å²) in [6, 6.07) is 2.00. The second-order valence-electron chi connectivity index (χ2n) is 3.76. The van der Waals surface area contributed by atoms with Gasteiger partial charge in [-0.2, -0.15) is 0 Å². The molecule has 2 atom stereocenters. The summed E-state index contributed by atoms with van der Waals surface area (Å²) in [7, 11) is 0. The Morgan fingerprint density at radius 1 is 1.41 bits per heavy atom. The maximum Gasteiger partial charge on any atom is 0.220 e. The van der Waals surface area contributed by atoms with Crippen LogP contribution >= 0.6 is 0 Å². The third-order valence-corrected chi connectivity index (χ3v) is 2.47. The predicted molar refractivity (Wildman–Crippen MR) is 55.9 cm³/mol. The van der Waals surface area contributed by atoms with Crippen LogP contribution in [0.15, 0.2) is 12.1 Å². The second kappa shape index (κ2) is 5.20. The molecule has 0 aliphatic carbocycles. The number of halogens is 2. The molecule has 4 nitrogen and oxygen atoms in total. The van der Waals surface area contributed by atoms with E-state index in [0.29, 0.717) is 0 Å². The summed E-state index contributed by atoms with van der Waals surface area (Å²) in [5, 5.41) is 19.1. The van der Waals surface area contributed by atoms with Gasteiger partial charge in [0, 0.05) is 0 Å². The molecular weight excluding hydrogens is 232 g/mol. The zero-order valence-corrected chi connectivity index (χ0v) is 9.15. The highest BCUT2D eigenvalue weighted by Gasteiger charge is 2.23. The van der Waals surface area contributed by atoms with Crippen LogP contribution in [-0.2, 0) is 4.79 Å². The van der Waals surface area contributed by atoms with E-state index < -0.39 is 36.2 Å². The van der Waals surface area contributed by atoms with Crippen molar-refractivity contribution in [3.8, 4) is 0 Å². The monoisotopic (exact) mass is 245 g/mol. The number of carbonyl (C=O) groups is 1. The van der Waals surface area contributed by atoms with Crippen LogP contribution in [0.4, 0.5) is 8.78 Å². The van der Waals surface area contributed by atoms with Crippen molar-refractivity contribution in [2.24, 2.45) is 5.73 Å². The highest BCUT2D eigenvalue weighted by atomic mass is 19.2. The van der Waals surface area contributed by atoms with Crippen LogP contribution in [0.2, 0.25) is 0 Å². The number of hydrogen-bond donors (Lipinski definition) is 3. The van der Waals surface area contributed by atoms with Gasteiger partial charge in [0.25, 0.3) is 0 Å². The van der Waals surface area contributed by atoms with E-state index in [9.17, 15) is 23.8 Å². The van der Waals surface area contributed by atoms with Crippen LogP contribution in [0.25, 0.3) is 0 Å². The van der Waals surface area contributed by atoms with Gasteiger partial charge >= 0.3 is 0 Å². The van der Waals surface area contributed by atoms with Crippen LogP contribution in [0.5, 0.6) is 0 Å². The number of amides is 1. The van der Waals surface area contributed by atoms with E-state index in [1.54, 1.807) is 0 Å². The largest absolute Gasteiger partial charge is 0.390 e. The first kappa shape index (κ1) is 13.5. The molecule has 0 saturated carbocycles. The Morgan fingerprint density at radius 3 is 2.53 bits per heavy atom. The Morgan fingerprint density at radius 2 is 2.00 bits per heavy atom. The summed E-state index contributed by atoms with van der Waals surface area (Å²) >= 11 is 0. The SMILES string of the molecule is Cc1c(C(O)C(O)CC(N)=O)ccc(F)c1F. The molecule has 0 aliphatic heterocycles. The lowest BCUT2D eigenvalue weighted by atomic mass is 9.97. The van der Waals surface area contributed by atoms with Gasteiger partial charge in [0.1, 0.15) is 6.10 Å². The molecule has 1 aromatic carbocycles. The van der Waals surface area contributed by atoms with Crippen molar-refractivity contribution in [3.63, 3.8) is 0 Å². The van der Waals surface area contributed by atoms with Gasteiger partial charge in [0.2, 0.25) is 5.91 Å². The van der Waals surface area contributed by atoms with Gasteiger partial charge in [0.05, 0.1) is 12.5 Å². The number of nitrogens with two attached hydrogens (primary N) is 1. The summed E-state index contributed by atoms with van der Waals surface area (Å²) in [5.74, 6) is -2.92. The standard InChI is InChI=1S/C11H13F2NO3/c1-5-6(2-3-7(12)10(5)13)11(17)8(15)4-9(14)16/h2-3,8,11,15,17H,4H2,1H3,(H2,14,16). The van der Waals surface area contributed by atoms with E-state index in [2.05, 4.69) is 0 Å². The minimum Gasteiger partial charge on any atom is -0.390 e. The van der Waals surface area contributed by atoms with Gasteiger partial charge in [0.15, 0.2) is 11.6 Å². The molecule has 0 heterocycles. The molecule has 17 heavy (non-hydrogen) atoms. The highest BCUT2D eigenvalue weighted by molar-refractivity contribution is 5.74. The number of rotatable bonds is 4. The summed E-state index contributed by atoms with van der Waals surface area (Å²) in [6.45, 7) is 1.27. The van der Waals surface area contributed by atoms with Crippen molar-refractivity contribution in [1.82, 2.24) is 0 Å².